The van der Waals surface area contributed by atoms with Crippen molar-refractivity contribution in [2.45, 2.75) is 52.6 Å². The first-order valence-corrected chi connectivity index (χ1v) is 6.99. The van der Waals surface area contributed by atoms with Gasteiger partial charge in [-0.1, -0.05) is 26.8 Å². The molecule has 0 saturated heterocycles. The zero-order chi connectivity index (χ0) is 14.2. The van der Waals surface area contributed by atoms with Gasteiger partial charge in [0.1, 0.15) is 11.6 Å². The molecule has 1 fully saturated rings. The fourth-order valence-electron chi connectivity index (χ4n) is 3.38. The van der Waals surface area contributed by atoms with E-state index in [0.717, 1.165) is 12.5 Å². The van der Waals surface area contributed by atoms with Gasteiger partial charge in [-0.3, -0.25) is 0 Å². The second-order valence-corrected chi connectivity index (χ2v) is 6.71. The molecule has 0 spiro atoms. The molecule has 0 amide bonds. The molecule has 3 unspecified atom stereocenters. The van der Waals surface area contributed by atoms with Crippen LogP contribution in [0.4, 0.5) is 8.78 Å². The summed E-state index contributed by atoms with van der Waals surface area (Å²) in [5, 5.41) is 3.50. The van der Waals surface area contributed by atoms with Gasteiger partial charge in [0, 0.05) is 23.7 Å². The normalized spacial score (nSPS) is 27.5. The summed E-state index contributed by atoms with van der Waals surface area (Å²) in [6, 6.07) is 4.11. The van der Waals surface area contributed by atoms with Gasteiger partial charge in [-0.05, 0) is 37.2 Å². The number of rotatable bonds is 3. The Kier molecular flexibility index (Phi) is 3.95. The molecule has 1 N–H and O–H groups in total. The van der Waals surface area contributed by atoms with Crippen molar-refractivity contribution in [3.05, 3.63) is 35.4 Å². The zero-order valence-corrected chi connectivity index (χ0v) is 12.1. The van der Waals surface area contributed by atoms with Crippen LogP contribution >= 0.6 is 0 Å². The largest absolute Gasteiger partial charge is 0.307 e. The maximum atomic E-state index is 13.7. The molecular weight excluding hydrogens is 244 g/mol. The van der Waals surface area contributed by atoms with Crippen LogP contribution in [0.2, 0.25) is 0 Å². The highest BCUT2D eigenvalue weighted by Crippen LogP contribution is 2.41. The minimum Gasteiger partial charge on any atom is -0.307 e. The summed E-state index contributed by atoms with van der Waals surface area (Å²) < 4.78 is 26.7. The Morgan fingerprint density at radius 3 is 2.47 bits per heavy atom. The van der Waals surface area contributed by atoms with Crippen molar-refractivity contribution in [2.24, 2.45) is 11.3 Å². The first kappa shape index (κ1) is 14.4. The van der Waals surface area contributed by atoms with Crippen molar-refractivity contribution < 1.29 is 8.78 Å². The van der Waals surface area contributed by atoms with Gasteiger partial charge in [-0.15, -0.1) is 0 Å². The van der Waals surface area contributed by atoms with E-state index < -0.39 is 11.6 Å². The van der Waals surface area contributed by atoms with Crippen molar-refractivity contribution in [1.82, 2.24) is 5.32 Å². The number of halogens is 2. The van der Waals surface area contributed by atoms with Gasteiger partial charge in [-0.25, -0.2) is 8.78 Å². The minimum absolute atomic E-state index is 0.0954. The molecule has 3 heteroatoms. The molecule has 106 valence electrons. The second-order valence-electron chi connectivity index (χ2n) is 6.71. The van der Waals surface area contributed by atoms with E-state index >= 15 is 0 Å². The lowest BCUT2D eigenvalue weighted by Gasteiger charge is -2.24. The summed E-state index contributed by atoms with van der Waals surface area (Å²) in [5.41, 5.74) is 0.885. The standard InChI is InChI=1S/C16H23F2N/c1-10-8-16(3,4)9-15(10)19-11(2)13-6-5-12(17)7-14(13)18/h5-7,10-11,15,19H,8-9H2,1-4H3. The Bertz CT molecular complexity index is 456. The summed E-state index contributed by atoms with van der Waals surface area (Å²) >= 11 is 0. The molecule has 0 aromatic heterocycles. The Balaban J connectivity index is 2.07. The summed E-state index contributed by atoms with van der Waals surface area (Å²) in [4.78, 5) is 0. The van der Waals surface area contributed by atoms with E-state index in [1.807, 2.05) is 6.92 Å². The van der Waals surface area contributed by atoms with E-state index in [1.165, 1.54) is 18.6 Å². The third-order valence-corrected chi connectivity index (χ3v) is 4.23. The van der Waals surface area contributed by atoms with E-state index in [0.29, 0.717) is 22.9 Å². The maximum Gasteiger partial charge on any atom is 0.130 e. The predicted molar refractivity (Wildman–Crippen MR) is 73.9 cm³/mol. The fourth-order valence-corrected chi connectivity index (χ4v) is 3.38. The molecule has 19 heavy (non-hydrogen) atoms. The highest BCUT2D eigenvalue weighted by molar-refractivity contribution is 5.22. The van der Waals surface area contributed by atoms with Gasteiger partial charge in [0.25, 0.3) is 0 Å². The second kappa shape index (κ2) is 5.20. The van der Waals surface area contributed by atoms with Gasteiger partial charge < -0.3 is 5.32 Å². The number of hydrogen-bond donors (Lipinski definition) is 1. The van der Waals surface area contributed by atoms with Crippen LogP contribution in [-0.2, 0) is 0 Å². The van der Waals surface area contributed by atoms with E-state index in [2.05, 4.69) is 26.1 Å². The van der Waals surface area contributed by atoms with Crippen LogP contribution < -0.4 is 5.32 Å². The Morgan fingerprint density at radius 2 is 1.95 bits per heavy atom. The van der Waals surface area contributed by atoms with Gasteiger partial charge in [-0.2, -0.15) is 0 Å². The number of benzene rings is 1. The lowest BCUT2D eigenvalue weighted by atomic mass is 9.91. The first-order chi connectivity index (χ1) is 8.78. The number of nitrogens with one attached hydrogen (secondary N) is 1. The SMILES string of the molecule is CC(NC1CC(C)(C)CC1C)c1ccc(F)cc1F. The molecule has 0 aliphatic heterocycles. The lowest BCUT2D eigenvalue weighted by Crippen LogP contribution is -2.34. The summed E-state index contributed by atoms with van der Waals surface area (Å²) in [6.07, 6.45) is 2.28. The van der Waals surface area contributed by atoms with E-state index in [9.17, 15) is 8.78 Å². The van der Waals surface area contributed by atoms with Crippen molar-refractivity contribution in [1.29, 1.82) is 0 Å². The molecule has 0 bridgehead atoms. The van der Waals surface area contributed by atoms with E-state index in [1.54, 1.807) is 0 Å². The maximum absolute atomic E-state index is 13.7. The average molecular weight is 267 g/mol. The van der Waals surface area contributed by atoms with Gasteiger partial charge in [0.2, 0.25) is 0 Å². The van der Waals surface area contributed by atoms with Crippen LogP contribution in [0.5, 0.6) is 0 Å². The quantitative estimate of drug-likeness (QED) is 0.853. The zero-order valence-electron chi connectivity index (χ0n) is 12.1. The van der Waals surface area contributed by atoms with Crippen LogP contribution in [-0.4, -0.2) is 6.04 Å². The number of hydrogen-bond acceptors (Lipinski definition) is 1. The van der Waals surface area contributed by atoms with Gasteiger partial charge >= 0.3 is 0 Å². The van der Waals surface area contributed by atoms with Crippen LogP contribution in [0.15, 0.2) is 18.2 Å². The van der Waals surface area contributed by atoms with Crippen LogP contribution in [0.3, 0.4) is 0 Å². The molecule has 1 nitrogen and oxygen atoms in total. The van der Waals surface area contributed by atoms with Crippen molar-refractivity contribution in [3.8, 4) is 0 Å². The molecular formula is C16H23F2N. The Hall–Kier alpha value is -0.960. The third kappa shape index (κ3) is 3.33. The smallest absolute Gasteiger partial charge is 0.130 e. The van der Waals surface area contributed by atoms with E-state index in [4.69, 9.17) is 0 Å². The molecule has 1 aromatic carbocycles. The fraction of sp³-hybridized carbons (Fsp3) is 0.625. The lowest BCUT2D eigenvalue weighted by molar-refractivity contribution is 0.354. The van der Waals surface area contributed by atoms with Crippen LogP contribution in [0.25, 0.3) is 0 Å². The third-order valence-electron chi connectivity index (χ3n) is 4.23. The molecule has 3 atom stereocenters. The van der Waals surface area contributed by atoms with Crippen molar-refractivity contribution in [3.63, 3.8) is 0 Å². The summed E-state index contributed by atoms with van der Waals surface area (Å²) in [7, 11) is 0. The van der Waals surface area contributed by atoms with Crippen LogP contribution in [0, 0.1) is 23.0 Å². The van der Waals surface area contributed by atoms with Gasteiger partial charge in [0.15, 0.2) is 0 Å². The van der Waals surface area contributed by atoms with Crippen molar-refractivity contribution in [2.75, 3.05) is 0 Å². The average Bonchev–Trinajstić information content (AvgIpc) is 2.51. The highest BCUT2D eigenvalue weighted by atomic mass is 19.1. The Morgan fingerprint density at radius 1 is 1.26 bits per heavy atom. The first-order valence-electron chi connectivity index (χ1n) is 6.99. The molecule has 1 aliphatic carbocycles. The van der Waals surface area contributed by atoms with Crippen LogP contribution in [0.1, 0.15) is 52.1 Å². The molecule has 0 radical (unpaired) electrons. The summed E-state index contributed by atoms with van der Waals surface area (Å²) in [5.74, 6) is -0.408. The molecule has 1 aliphatic rings. The minimum atomic E-state index is -0.524. The molecule has 1 saturated carbocycles. The van der Waals surface area contributed by atoms with Gasteiger partial charge in [0.05, 0.1) is 0 Å². The molecule has 0 heterocycles. The summed E-state index contributed by atoms with van der Waals surface area (Å²) in [6.45, 7) is 8.72. The predicted octanol–water partition coefficient (Wildman–Crippen LogP) is 4.44. The molecule has 1 aromatic rings. The van der Waals surface area contributed by atoms with E-state index in [-0.39, 0.29) is 6.04 Å². The van der Waals surface area contributed by atoms with Crippen molar-refractivity contribution >= 4 is 0 Å². The topological polar surface area (TPSA) is 12.0 Å². The molecule has 2 rings (SSSR count). The Labute approximate surface area is 114 Å². The highest BCUT2D eigenvalue weighted by Gasteiger charge is 2.37. The monoisotopic (exact) mass is 267 g/mol.